The number of hydrogen-bond donors (Lipinski definition) is 2. The van der Waals surface area contributed by atoms with Gasteiger partial charge in [-0.2, -0.15) is 4.31 Å². The Bertz CT molecular complexity index is 670. The maximum absolute atomic E-state index is 12.5. The summed E-state index contributed by atoms with van der Waals surface area (Å²) in [7, 11) is -6.96. The number of anilines is 1. The summed E-state index contributed by atoms with van der Waals surface area (Å²) >= 11 is 0. The monoisotopic (exact) mass is 349 g/mol. The number of nitrogens with zero attached hydrogens (tertiary/aromatic N) is 1. The van der Waals surface area contributed by atoms with Crippen LogP contribution in [0, 0.1) is 0 Å². The van der Waals surface area contributed by atoms with E-state index in [9.17, 15) is 16.8 Å². The molecule has 0 atom stereocenters. The van der Waals surface area contributed by atoms with Gasteiger partial charge in [0.2, 0.25) is 20.0 Å². The van der Waals surface area contributed by atoms with E-state index in [-0.39, 0.29) is 4.90 Å². The first-order chi connectivity index (χ1) is 10.2. The van der Waals surface area contributed by atoms with E-state index in [0.717, 1.165) is 12.8 Å². The number of nitrogens with one attached hydrogen (secondary N) is 2. The first kappa shape index (κ1) is 18.9. The van der Waals surface area contributed by atoms with Crippen molar-refractivity contribution in [2.75, 3.05) is 37.2 Å². The van der Waals surface area contributed by atoms with Gasteiger partial charge in [0.05, 0.1) is 11.2 Å². The highest BCUT2D eigenvalue weighted by Gasteiger charge is 2.22. The molecule has 7 nitrogen and oxygen atoms in total. The van der Waals surface area contributed by atoms with Crippen molar-refractivity contribution in [2.24, 2.45) is 0 Å². The molecule has 0 aromatic heterocycles. The Morgan fingerprint density at radius 3 is 2.09 bits per heavy atom. The first-order valence-electron chi connectivity index (χ1n) is 6.99. The molecule has 2 N–H and O–H groups in total. The summed E-state index contributed by atoms with van der Waals surface area (Å²) < 4.78 is 51.0. The van der Waals surface area contributed by atoms with Crippen molar-refractivity contribution in [1.82, 2.24) is 9.62 Å². The van der Waals surface area contributed by atoms with Crippen molar-refractivity contribution in [3.8, 4) is 0 Å². The molecule has 1 aromatic rings. The molecule has 0 bridgehead atoms. The molecule has 0 saturated carbocycles. The van der Waals surface area contributed by atoms with Crippen molar-refractivity contribution < 1.29 is 16.8 Å². The largest absolute Gasteiger partial charge is 0.316 e. The van der Waals surface area contributed by atoms with Gasteiger partial charge >= 0.3 is 0 Å². The van der Waals surface area contributed by atoms with E-state index < -0.39 is 20.0 Å². The second kappa shape index (κ2) is 7.91. The fourth-order valence-corrected chi connectivity index (χ4v) is 3.90. The minimum atomic E-state index is -3.58. The van der Waals surface area contributed by atoms with Gasteiger partial charge in [-0.25, -0.2) is 16.8 Å². The summed E-state index contributed by atoms with van der Waals surface area (Å²) in [4.78, 5) is 0.143. The fraction of sp³-hybridized carbons (Fsp3) is 0.538. The van der Waals surface area contributed by atoms with E-state index in [4.69, 9.17) is 0 Å². The molecule has 9 heteroatoms. The Hall–Kier alpha value is -1.16. The Kier molecular flexibility index (Phi) is 6.79. The van der Waals surface area contributed by atoms with Crippen LogP contribution in [0.15, 0.2) is 29.2 Å². The molecule has 0 spiro atoms. The smallest absolute Gasteiger partial charge is 0.243 e. The predicted molar refractivity (Wildman–Crippen MR) is 87.9 cm³/mol. The van der Waals surface area contributed by atoms with Gasteiger partial charge in [0.1, 0.15) is 0 Å². The van der Waals surface area contributed by atoms with Gasteiger partial charge < -0.3 is 5.32 Å². The maximum atomic E-state index is 12.5. The lowest BCUT2D eigenvalue weighted by Gasteiger charge is -2.20. The second-order valence-corrected chi connectivity index (χ2v) is 8.44. The number of rotatable bonds is 9. The SMILES string of the molecule is CCNCCN(CC)S(=O)(=O)c1ccc(NS(C)(=O)=O)cc1. The van der Waals surface area contributed by atoms with Crippen LogP contribution >= 0.6 is 0 Å². The Morgan fingerprint density at radius 1 is 1.05 bits per heavy atom. The lowest BCUT2D eigenvalue weighted by atomic mass is 10.3. The van der Waals surface area contributed by atoms with Crippen LogP contribution in [0.4, 0.5) is 5.69 Å². The molecule has 126 valence electrons. The Morgan fingerprint density at radius 2 is 1.64 bits per heavy atom. The third kappa shape index (κ3) is 5.56. The predicted octanol–water partition coefficient (Wildman–Crippen LogP) is 0.678. The lowest BCUT2D eigenvalue weighted by Crippen LogP contribution is -2.36. The maximum Gasteiger partial charge on any atom is 0.243 e. The average Bonchev–Trinajstić information content (AvgIpc) is 2.42. The molecular formula is C13H23N3O4S2. The highest BCUT2D eigenvalue weighted by atomic mass is 32.2. The van der Waals surface area contributed by atoms with E-state index in [1.165, 1.54) is 28.6 Å². The number of hydrogen-bond acceptors (Lipinski definition) is 5. The zero-order chi connectivity index (χ0) is 16.8. The van der Waals surface area contributed by atoms with E-state index in [2.05, 4.69) is 10.0 Å². The highest BCUT2D eigenvalue weighted by Crippen LogP contribution is 2.18. The van der Waals surface area contributed by atoms with Crippen molar-refractivity contribution >= 4 is 25.7 Å². The van der Waals surface area contributed by atoms with Gasteiger partial charge in [0.15, 0.2) is 0 Å². The normalized spacial score (nSPS) is 12.5. The van der Waals surface area contributed by atoms with Gasteiger partial charge in [0.25, 0.3) is 0 Å². The molecule has 0 fully saturated rings. The van der Waals surface area contributed by atoms with Gasteiger partial charge in [0, 0.05) is 25.3 Å². The van der Waals surface area contributed by atoms with Crippen molar-refractivity contribution in [2.45, 2.75) is 18.7 Å². The number of likely N-dealkylation sites (N-methyl/N-ethyl adjacent to an activating group) is 2. The fourth-order valence-electron chi connectivity index (χ4n) is 1.89. The van der Waals surface area contributed by atoms with E-state index >= 15 is 0 Å². The van der Waals surface area contributed by atoms with Gasteiger partial charge in [-0.3, -0.25) is 4.72 Å². The molecule has 1 rings (SSSR count). The van der Waals surface area contributed by atoms with Crippen LogP contribution in [0.5, 0.6) is 0 Å². The average molecular weight is 349 g/mol. The molecule has 0 saturated heterocycles. The molecular weight excluding hydrogens is 326 g/mol. The molecule has 0 aliphatic rings. The topological polar surface area (TPSA) is 95.6 Å². The summed E-state index contributed by atoms with van der Waals surface area (Å²) in [5.74, 6) is 0. The summed E-state index contributed by atoms with van der Waals surface area (Å²) in [6, 6.07) is 5.68. The highest BCUT2D eigenvalue weighted by molar-refractivity contribution is 7.92. The third-order valence-corrected chi connectivity index (χ3v) is 5.53. The van der Waals surface area contributed by atoms with Gasteiger partial charge in [-0.1, -0.05) is 13.8 Å². The molecule has 0 amide bonds. The van der Waals surface area contributed by atoms with Crippen LogP contribution in [0.1, 0.15) is 13.8 Å². The van der Waals surface area contributed by atoms with Crippen LogP contribution in [-0.2, 0) is 20.0 Å². The minimum Gasteiger partial charge on any atom is -0.316 e. The van der Waals surface area contributed by atoms with Crippen molar-refractivity contribution in [3.63, 3.8) is 0 Å². The van der Waals surface area contributed by atoms with Crippen LogP contribution in [0.25, 0.3) is 0 Å². The molecule has 0 unspecified atom stereocenters. The van der Waals surface area contributed by atoms with Crippen molar-refractivity contribution in [3.05, 3.63) is 24.3 Å². The van der Waals surface area contributed by atoms with E-state index in [1.54, 1.807) is 6.92 Å². The van der Waals surface area contributed by atoms with Crippen LogP contribution < -0.4 is 10.0 Å². The molecule has 0 aliphatic heterocycles. The Balaban J connectivity index is 2.92. The molecule has 0 radical (unpaired) electrons. The quantitative estimate of drug-likeness (QED) is 0.639. The van der Waals surface area contributed by atoms with Crippen LogP contribution in [0.2, 0.25) is 0 Å². The van der Waals surface area contributed by atoms with Crippen LogP contribution in [0.3, 0.4) is 0 Å². The molecule has 0 heterocycles. The number of sulfonamides is 2. The summed E-state index contributed by atoms with van der Waals surface area (Å²) in [5, 5.41) is 3.09. The van der Waals surface area contributed by atoms with Crippen LogP contribution in [-0.4, -0.2) is 53.6 Å². The second-order valence-electron chi connectivity index (χ2n) is 4.75. The van der Waals surface area contributed by atoms with Gasteiger partial charge in [-0.15, -0.1) is 0 Å². The van der Waals surface area contributed by atoms with E-state index in [1.807, 2.05) is 6.92 Å². The standard InChI is InChI=1S/C13H23N3O4S2/c1-4-14-10-11-16(5-2)22(19,20)13-8-6-12(7-9-13)15-21(3,17)18/h6-9,14-15H,4-5,10-11H2,1-3H3. The summed E-state index contributed by atoms with van der Waals surface area (Å²) in [5.41, 5.74) is 0.331. The van der Waals surface area contributed by atoms with E-state index in [0.29, 0.717) is 25.3 Å². The van der Waals surface area contributed by atoms with Crippen molar-refractivity contribution in [1.29, 1.82) is 0 Å². The minimum absolute atomic E-state index is 0.143. The first-order valence-corrected chi connectivity index (χ1v) is 10.3. The summed E-state index contributed by atoms with van der Waals surface area (Å²) in [6.07, 6.45) is 1.04. The Labute approximate surface area is 132 Å². The summed E-state index contributed by atoms with van der Waals surface area (Å²) in [6.45, 7) is 5.86. The zero-order valence-corrected chi connectivity index (χ0v) is 14.7. The lowest BCUT2D eigenvalue weighted by molar-refractivity contribution is 0.422. The molecule has 22 heavy (non-hydrogen) atoms. The van der Waals surface area contributed by atoms with Gasteiger partial charge in [-0.05, 0) is 30.8 Å². The zero-order valence-electron chi connectivity index (χ0n) is 13.0. The molecule has 1 aromatic carbocycles. The molecule has 0 aliphatic carbocycles. The third-order valence-electron chi connectivity index (χ3n) is 2.94. The number of benzene rings is 1.